The Balaban J connectivity index is 1.49. The highest BCUT2D eigenvalue weighted by Gasteiger charge is 2.43. The van der Waals surface area contributed by atoms with E-state index < -0.39 is 0 Å². The highest BCUT2D eigenvalue weighted by molar-refractivity contribution is 5.80. The quantitative estimate of drug-likeness (QED) is 0.878. The number of aliphatic hydroxyl groups excluding tert-OH is 1. The Morgan fingerprint density at radius 3 is 2.88 bits per heavy atom. The van der Waals surface area contributed by atoms with Crippen molar-refractivity contribution < 1.29 is 14.6 Å². The minimum absolute atomic E-state index is 0.0445. The minimum atomic E-state index is -0.377. The number of piperidine rings is 1. The van der Waals surface area contributed by atoms with Crippen LogP contribution in [0.1, 0.15) is 31.2 Å². The molecule has 0 bridgehead atoms. The Morgan fingerprint density at radius 2 is 2.15 bits per heavy atom. The number of methoxy groups -OCH3 is 1. The summed E-state index contributed by atoms with van der Waals surface area (Å²) in [5, 5.41) is 11.3. The van der Waals surface area contributed by atoms with E-state index in [1.807, 2.05) is 24.3 Å². The molecule has 0 radical (unpaired) electrons. The van der Waals surface area contributed by atoms with Crippen LogP contribution in [0.2, 0.25) is 0 Å². The number of benzene rings is 1. The van der Waals surface area contributed by atoms with Gasteiger partial charge in [-0.1, -0.05) is 0 Å². The number of pyridine rings is 1. The summed E-state index contributed by atoms with van der Waals surface area (Å²) in [4.78, 5) is 17.7. The van der Waals surface area contributed by atoms with Crippen LogP contribution in [-0.2, 0) is 11.3 Å². The van der Waals surface area contributed by atoms with Crippen molar-refractivity contribution in [3.05, 3.63) is 40.2 Å². The van der Waals surface area contributed by atoms with Gasteiger partial charge in [-0.05, 0) is 49.9 Å². The third-order valence-electron chi connectivity index (χ3n) is 5.84. The van der Waals surface area contributed by atoms with E-state index in [0.29, 0.717) is 6.54 Å². The van der Waals surface area contributed by atoms with Crippen molar-refractivity contribution in [2.24, 2.45) is 0 Å². The van der Waals surface area contributed by atoms with Gasteiger partial charge in [-0.3, -0.25) is 9.69 Å². The molecule has 0 amide bonds. The van der Waals surface area contributed by atoms with Gasteiger partial charge in [0.25, 0.3) is 5.56 Å². The number of ether oxygens (including phenoxy) is 2. The monoisotopic (exact) mass is 358 g/mol. The summed E-state index contributed by atoms with van der Waals surface area (Å²) in [6.07, 6.45) is 3.02. The van der Waals surface area contributed by atoms with E-state index in [0.717, 1.165) is 67.6 Å². The van der Waals surface area contributed by atoms with Crippen LogP contribution in [0.4, 0.5) is 0 Å². The standard InChI is InChI=1S/C20H26N2O4/c1-25-16-4-5-17-14(12-16)11-15(19(24)21-17)13-22-8-6-20(7-9-22)18(23)3-2-10-26-20/h4-5,11-12,18,23H,2-3,6-10,13H2,1H3,(H,21,24)/t18-/m1/s1. The lowest BCUT2D eigenvalue weighted by molar-refractivity contribution is -0.177. The molecule has 3 heterocycles. The van der Waals surface area contributed by atoms with Gasteiger partial charge >= 0.3 is 0 Å². The lowest BCUT2D eigenvalue weighted by atomic mass is 9.82. The number of H-pyrrole nitrogens is 1. The van der Waals surface area contributed by atoms with Crippen molar-refractivity contribution in [2.45, 2.75) is 43.9 Å². The number of hydrogen-bond donors (Lipinski definition) is 2. The molecule has 140 valence electrons. The lowest BCUT2D eigenvalue weighted by Gasteiger charge is -2.46. The third kappa shape index (κ3) is 3.24. The molecule has 2 fully saturated rings. The average Bonchev–Trinajstić information content (AvgIpc) is 2.66. The van der Waals surface area contributed by atoms with Gasteiger partial charge in [-0.25, -0.2) is 0 Å². The summed E-state index contributed by atoms with van der Waals surface area (Å²) >= 11 is 0. The topological polar surface area (TPSA) is 74.8 Å². The van der Waals surface area contributed by atoms with Gasteiger partial charge in [0.15, 0.2) is 0 Å². The van der Waals surface area contributed by atoms with E-state index in [9.17, 15) is 9.90 Å². The van der Waals surface area contributed by atoms with Gasteiger partial charge in [0.2, 0.25) is 0 Å². The summed E-state index contributed by atoms with van der Waals surface area (Å²) in [5.74, 6) is 0.777. The van der Waals surface area contributed by atoms with Crippen LogP contribution < -0.4 is 10.3 Å². The SMILES string of the molecule is COc1ccc2[nH]c(=O)c(CN3CCC4(CC3)OCCC[C@H]4O)cc2c1. The molecular formula is C20H26N2O4. The molecule has 1 spiro atoms. The number of fused-ring (bicyclic) bond motifs is 1. The first-order valence-corrected chi connectivity index (χ1v) is 9.34. The van der Waals surface area contributed by atoms with Crippen LogP contribution in [0.3, 0.4) is 0 Å². The molecule has 0 saturated carbocycles. The molecule has 1 aromatic carbocycles. The van der Waals surface area contributed by atoms with Gasteiger partial charge in [-0.2, -0.15) is 0 Å². The summed E-state index contributed by atoms with van der Waals surface area (Å²) in [5.41, 5.74) is 1.15. The van der Waals surface area contributed by atoms with E-state index in [-0.39, 0.29) is 17.3 Å². The molecular weight excluding hydrogens is 332 g/mol. The summed E-state index contributed by atoms with van der Waals surface area (Å²) < 4.78 is 11.2. The van der Waals surface area contributed by atoms with Crippen molar-refractivity contribution in [3.63, 3.8) is 0 Å². The van der Waals surface area contributed by atoms with Gasteiger partial charge in [0.1, 0.15) is 5.75 Å². The van der Waals surface area contributed by atoms with Crippen LogP contribution in [0.5, 0.6) is 5.75 Å². The Morgan fingerprint density at radius 1 is 1.35 bits per heavy atom. The van der Waals surface area contributed by atoms with Crippen LogP contribution in [0.25, 0.3) is 10.9 Å². The zero-order chi connectivity index (χ0) is 18.1. The molecule has 0 aliphatic carbocycles. The lowest BCUT2D eigenvalue weighted by Crippen LogP contribution is -2.55. The van der Waals surface area contributed by atoms with Crippen molar-refractivity contribution in [2.75, 3.05) is 26.8 Å². The van der Waals surface area contributed by atoms with Crippen molar-refractivity contribution >= 4 is 10.9 Å². The predicted molar refractivity (Wildman–Crippen MR) is 99.6 cm³/mol. The zero-order valence-corrected chi connectivity index (χ0v) is 15.2. The molecule has 0 unspecified atom stereocenters. The molecule has 1 aromatic heterocycles. The number of aliphatic hydroxyl groups is 1. The Labute approximate surface area is 152 Å². The fourth-order valence-corrected chi connectivity index (χ4v) is 4.19. The number of nitrogens with one attached hydrogen (secondary N) is 1. The molecule has 2 N–H and O–H groups in total. The van der Waals surface area contributed by atoms with Crippen LogP contribution in [0.15, 0.2) is 29.1 Å². The Bertz CT molecular complexity index is 839. The second kappa shape index (κ2) is 7.02. The third-order valence-corrected chi connectivity index (χ3v) is 5.84. The number of rotatable bonds is 3. The maximum atomic E-state index is 12.4. The second-order valence-corrected chi connectivity index (χ2v) is 7.42. The highest BCUT2D eigenvalue weighted by Crippen LogP contribution is 2.35. The van der Waals surface area contributed by atoms with E-state index in [2.05, 4.69) is 9.88 Å². The van der Waals surface area contributed by atoms with Gasteiger partial charge in [0.05, 0.1) is 18.8 Å². The largest absolute Gasteiger partial charge is 0.497 e. The Hall–Kier alpha value is -1.89. The van der Waals surface area contributed by atoms with E-state index >= 15 is 0 Å². The number of hydrogen-bond acceptors (Lipinski definition) is 5. The van der Waals surface area contributed by atoms with E-state index in [1.54, 1.807) is 7.11 Å². The molecule has 2 aromatic rings. The molecule has 4 rings (SSSR count). The fraction of sp³-hybridized carbons (Fsp3) is 0.550. The summed E-state index contributed by atoms with van der Waals surface area (Å²) in [6, 6.07) is 7.60. The Kier molecular flexibility index (Phi) is 4.73. The van der Waals surface area contributed by atoms with Crippen LogP contribution >= 0.6 is 0 Å². The molecule has 2 saturated heterocycles. The summed E-state index contributed by atoms with van der Waals surface area (Å²) in [6.45, 7) is 3.00. The van der Waals surface area contributed by atoms with Crippen LogP contribution in [-0.4, -0.2) is 53.5 Å². The molecule has 2 aliphatic heterocycles. The highest BCUT2D eigenvalue weighted by atomic mass is 16.5. The molecule has 6 nitrogen and oxygen atoms in total. The number of nitrogens with zero attached hydrogens (tertiary/aromatic N) is 1. The smallest absolute Gasteiger partial charge is 0.252 e. The van der Waals surface area contributed by atoms with Crippen molar-refractivity contribution in [1.82, 2.24) is 9.88 Å². The average molecular weight is 358 g/mol. The molecule has 2 aliphatic rings. The predicted octanol–water partition coefficient (Wildman–Crippen LogP) is 2.04. The molecule has 6 heteroatoms. The van der Waals surface area contributed by atoms with E-state index in [1.165, 1.54) is 0 Å². The fourth-order valence-electron chi connectivity index (χ4n) is 4.19. The van der Waals surface area contributed by atoms with Gasteiger partial charge in [-0.15, -0.1) is 0 Å². The first-order valence-electron chi connectivity index (χ1n) is 9.34. The number of aromatic nitrogens is 1. The minimum Gasteiger partial charge on any atom is -0.497 e. The number of aromatic amines is 1. The van der Waals surface area contributed by atoms with Crippen LogP contribution in [0, 0.1) is 0 Å². The molecule has 1 atom stereocenters. The van der Waals surface area contributed by atoms with Crippen molar-refractivity contribution in [3.8, 4) is 5.75 Å². The van der Waals surface area contributed by atoms with Gasteiger partial charge < -0.3 is 19.6 Å². The van der Waals surface area contributed by atoms with Crippen molar-refractivity contribution in [1.29, 1.82) is 0 Å². The summed E-state index contributed by atoms with van der Waals surface area (Å²) in [7, 11) is 1.64. The maximum absolute atomic E-state index is 12.4. The first kappa shape index (κ1) is 17.5. The molecule has 26 heavy (non-hydrogen) atoms. The number of likely N-dealkylation sites (tertiary alicyclic amines) is 1. The second-order valence-electron chi connectivity index (χ2n) is 7.42. The van der Waals surface area contributed by atoms with E-state index in [4.69, 9.17) is 9.47 Å². The zero-order valence-electron chi connectivity index (χ0n) is 15.2. The van der Waals surface area contributed by atoms with Gasteiger partial charge in [0, 0.05) is 42.7 Å². The first-order chi connectivity index (χ1) is 12.6. The maximum Gasteiger partial charge on any atom is 0.252 e. The normalized spacial score (nSPS) is 23.4.